The largest absolute Gasteiger partial charge is 0.416 e. The van der Waals surface area contributed by atoms with Crippen LogP contribution in [-0.2, 0) is 6.18 Å². The number of halogens is 3. The number of hydrogen-bond donors (Lipinski definition) is 1. The maximum absolute atomic E-state index is 12.8. The summed E-state index contributed by atoms with van der Waals surface area (Å²) < 4.78 is 38.5. The van der Waals surface area contributed by atoms with Gasteiger partial charge in [-0.25, -0.2) is 4.98 Å². The molecule has 0 fully saturated rings. The lowest BCUT2D eigenvalue weighted by atomic mass is 10.1. The quantitative estimate of drug-likeness (QED) is 0.661. The number of allylic oxidation sites excluding steroid dienone is 1. The van der Waals surface area contributed by atoms with Gasteiger partial charge in [0, 0.05) is 4.88 Å². The van der Waals surface area contributed by atoms with Crippen molar-refractivity contribution in [2.24, 2.45) is 0 Å². The Labute approximate surface area is 150 Å². The van der Waals surface area contributed by atoms with Crippen LogP contribution in [0.3, 0.4) is 0 Å². The zero-order chi connectivity index (χ0) is 19.1. The molecule has 0 bridgehead atoms. The van der Waals surface area contributed by atoms with Gasteiger partial charge in [-0.3, -0.25) is 4.79 Å². The molecule has 3 rings (SSSR count). The molecular formula is C18H12F3N3OS. The molecule has 0 unspecified atom stereocenters. The molecule has 2 aromatic heterocycles. The first-order valence-corrected chi connectivity index (χ1v) is 8.32. The van der Waals surface area contributed by atoms with Crippen molar-refractivity contribution in [2.45, 2.75) is 20.0 Å². The van der Waals surface area contributed by atoms with Gasteiger partial charge in [0.2, 0.25) is 0 Å². The number of aromatic amines is 1. The highest BCUT2D eigenvalue weighted by molar-refractivity contribution is 7.18. The summed E-state index contributed by atoms with van der Waals surface area (Å²) in [6.07, 6.45) is -3.21. The van der Waals surface area contributed by atoms with E-state index in [0.29, 0.717) is 10.2 Å². The molecule has 0 radical (unpaired) electrons. The Bertz CT molecular complexity index is 1130. The fourth-order valence-corrected chi connectivity index (χ4v) is 3.54. The molecule has 3 aromatic rings. The smallest absolute Gasteiger partial charge is 0.305 e. The van der Waals surface area contributed by atoms with Gasteiger partial charge < -0.3 is 4.98 Å². The number of fused-ring (bicyclic) bond motifs is 1. The number of benzene rings is 1. The van der Waals surface area contributed by atoms with Crippen LogP contribution in [0.2, 0.25) is 0 Å². The van der Waals surface area contributed by atoms with Crippen LogP contribution in [0, 0.1) is 25.2 Å². The molecule has 8 heteroatoms. The number of aryl methyl sites for hydroxylation is 2. The van der Waals surface area contributed by atoms with Gasteiger partial charge in [-0.05, 0) is 43.2 Å². The number of thiophene rings is 1. The average molecular weight is 375 g/mol. The highest BCUT2D eigenvalue weighted by atomic mass is 32.1. The number of H-pyrrole nitrogens is 1. The first-order chi connectivity index (χ1) is 12.2. The van der Waals surface area contributed by atoms with Gasteiger partial charge in [-0.1, -0.05) is 12.1 Å². The predicted octanol–water partition coefficient (Wildman–Crippen LogP) is 4.68. The number of hydrogen-bond acceptors (Lipinski definition) is 4. The Balaban J connectivity index is 2.13. The third-order valence-electron chi connectivity index (χ3n) is 3.94. The zero-order valence-corrected chi connectivity index (χ0v) is 14.5. The van der Waals surface area contributed by atoms with Crippen molar-refractivity contribution in [1.82, 2.24) is 9.97 Å². The summed E-state index contributed by atoms with van der Waals surface area (Å²) in [5.74, 6) is 0.0312. The highest BCUT2D eigenvalue weighted by Crippen LogP contribution is 2.30. The van der Waals surface area contributed by atoms with Gasteiger partial charge in [-0.15, -0.1) is 11.3 Å². The molecule has 0 aliphatic heterocycles. The third kappa shape index (κ3) is 3.26. The fourth-order valence-electron chi connectivity index (χ4n) is 2.51. The van der Waals surface area contributed by atoms with Crippen molar-refractivity contribution in [3.05, 3.63) is 62.0 Å². The monoisotopic (exact) mass is 375 g/mol. The molecule has 2 heterocycles. The van der Waals surface area contributed by atoms with Crippen LogP contribution in [0.5, 0.6) is 0 Å². The number of alkyl halides is 3. The highest BCUT2D eigenvalue weighted by Gasteiger charge is 2.30. The van der Waals surface area contributed by atoms with Gasteiger partial charge >= 0.3 is 6.18 Å². The van der Waals surface area contributed by atoms with Crippen LogP contribution in [0.15, 0.2) is 29.1 Å². The van der Waals surface area contributed by atoms with E-state index in [4.69, 9.17) is 0 Å². The van der Waals surface area contributed by atoms with Crippen molar-refractivity contribution in [1.29, 1.82) is 5.26 Å². The predicted molar refractivity (Wildman–Crippen MR) is 94.6 cm³/mol. The topological polar surface area (TPSA) is 69.5 Å². The number of nitrogens with one attached hydrogen (secondary N) is 1. The van der Waals surface area contributed by atoms with Crippen LogP contribution >= 0.6 is 11.3 Å². The number of aromatic nitrogens is 2. The third-order valence-corrected chi connectivity index (χ3v) is 5.04. The van der Waals surface area contributed by atoms with E-state index in [9.17, 15) is 23.2 Å². The molecule has 1 N–H and O–H groups in total. The molecule has 0 amide bonds. The van der Waals surface area contributed by atoms with Crippen LogP contribution in [0.4, 0.5) is 13.2 Å². The molecule has 4 nitrogen and oxygen atoms in total. The number of nitrogens with zero attached hydrogens (tertiary/aromatic N) is 2. The van der Waals surface area contributed by atoms with E-state index in [1.807, 2.05) is 19.9 Å². The van der Waals surface area contributed by atoms with E-state index in [1.165, 1.54) is 29.5 Å². The first kappa shape index (κ1) is 17.9. The van der Waals surface area contributed by atoms with Crippen LogP contribution in [0.25, 0.3) is 21.9 Å². The molecule has 1 aromatic carbocycles. The molecule has 0 spiro atoms. The molecular weight excluding hydrogens is 363 g/mol. The summed E-state index contributed by atoms with van der Waals surface area (Å²) in [6.45, 7) is 3.68. The van der Waals surface area contributed by atoms with Gasteiger partial charge in [0.15, 0.2) is 5.82 Å². The second-order valence-corrected chi connectivity index (χ2v) is 6.87. The van der Waals surface area contributed by atoms with Gasteiger partial charge in [-0.2, -0.15) is 18.4 Å². The summed E-state index contributed by atoms with van der Waals surface area (Å²) in [4.78, 5) is 20.6. The Morgan fingerprint density at radius 1 is 1.35 bits per heavy atom. The molecule has 0 aliphatic rings. The molecule has 132 valence electrons. The van der Waals surface area contributed by atoms with E-state index in [2.05, 4.69) is 9.97 Å². The normalized spacial score (nSPS) is 12.4. The summed E-state index contributed by atoms with van der Waals surface area (Å²) in [7, 11) is 0. The van der Waals surface area contributed by atoms with Crippen LogP contribution in [-0.4, -0.2) is 9.97 Å². The molecule has 0 atom stereocenters. The van der Waals surface area contributed by atoms with Crippen molar-refractivity contribution >= 4 is 33.2 Å². The summed E-state index contributed by atoms with van der Waals surface area (Å²) in [5.41, 5.74) is -0.197. The average Bonchev–Trinajstić information content (AvgIpc) is 2.87. The minimum Gasteiger partial charge on any atom is -0.305 e. The van der Waals surface area contributed by atoms with Crippen molar-refractivity contribution in [3.63, 3.8) is 0 Å². The minimum atomic E-state index is -4.48. The van der Waals surface area contributed by atoms with E-state index in [1.54, 1.807) is 0 Å². The minimum absolute atomic E-state index is 0.0213. The maximum Gasteiger partial charge on any atom is 0.416 e. The summed E-state index contributed by atoms with van der Waals surface area (Å²) in [6, 6.07) is 6.49. The summed E-state index contributed by atoms with van der Waals surface area (Å²) in [5, 5.41) is 9.86. The van der Waals surface area contributed by atoms with E-state index < -0.39 is 11.7 Å². The lowest BCUT2D eigenvalue weighted by molar-refractivity contribution is -0.137. The lowest BCUT2D eigenvalue weighted by Crippen LogP contribution is -2.11. The van der Waals surface area contributed by atoms with Crippen molar-refractivity contribution < 1.29 is 13.2 Å². The second kappa shape index (κ2) is 6.42. The van der Waals surface area contributed by atoms with Crippen LogP contribution in [0.1, 0.15) is 27.4 Å². The zero-order valence-electron chi connectivity index (χ0n) is 13.7. The van der Waals surface area contributed by atoms with Gasteiger partial charge in [0.1, 0.15) is 10.9 Å². The Kier molecular flexibility index (Phi) is 4.42. The molecule has 0 aliphatic carbocycles. The maximum atomic E-state index is 12.8. The van der Waals surface area contributed by atoms with Gasteiger partial charge in [0.05, 0.1) is 16.5 Å². The van der Waals surface area contributed by atoms with E-state index in [0.717, 1.165) is 22.6 Å². The summed E-state index contributed by atoms with van der Waals surface area (Å²) >= 11 is 1.33. The lowest BCUT2D eigenvalue weighted by Gasteiger charge is -2.07. The van der Waals surface area contributed by atoms with Crippen molar-refractivity contribution in [2.75, 3.05) is 0 Å². The molecule has 26 heavy (non-hydrogen) atoms. The second-order valence-electron chi connectivity index (χ2n) is 5.67. The van der Waals surface area contributed by atoms with Crippen molar-refractivity contribution in [3.8, 4) is 6.07 Å². The molecule has 0 saturated carbocycles. The number of rotatable bonds is 2. The molecule has 0 saturated heterocycles. The van der Waals surface area contributed by atoms with E-state index >= 15 is 0 Å². The first-order valence-electron chi connectivity index (χ1n) is 7.50. The van der Waals surface area contributed by atoms with Gasteiger partial charge in [0.25, 0.3) is 5.56 Å². The SMILES string of the molecule is Cc1sc2nc(/C(C#N)=C/c3cccc(C(F)(F)F)c3)[nH]c(=O)c2c1C. The Morgan fingerprint density at radius 2 is 2.08 bits per heavy atom. The van der Waals surface area contributed by atoms with E-state index in [-0.39, 0.29) is 22.5 Å². The Hall–Kier alpha value is -2.92. The number of nitriles is 1. The fraction of sp³-hybridized carbons (Fsp3) is 0.167. The standard InChI is InChI=1S/C18H12F3N3OS/c1-9-10(2)26-17-14(9)16(25)23-15(24-17)12(8-22)6-11-4-3-5-13(7-11)18(19,20)21/h3-7H,1-2H3,(H,23,24,25)/b12-6+. The Morgan fingerprint density at radius 3 is 2.73 bits per heavy atom. The van der Waals surface area contributed by atoms with Crippen LogP contribution < -0.4 is 5.56 Å².